The van der Waals surface area contributed by atoms with Crippen molar-refractivity contribution in [2.45, 2.75) is 0 Å². The second-order valence-electron chi connectivity index (χ2n) is 4.14. The summed E-state index contributed by atoms with van der Waals surface area (Å²) in [6.45, 7) is 0. The van der Waals surface area contributed by atoms with Crippen molar-refractivity contribution in [3.05, 3.63) is 46.4 Å². The van der Waals surface area contributed by atoms with Crippen LogP contribution in [-0.4, -0.2) is 13.0 Å². The summed E-state index contributed by atoms with van der Waals surface area (Å²) in [5, 5.41) is 3.13. The van der Waals surface area contributed by atoms with Crippen molar-refractivity contribution in [3.63, 3.8) is 0 Å². The van der Waals surface area contributed by atoms with Crippen LogP contribution in [-0.2, 0) is 0 Å². The first-order valence-electron chi connectivity index (χ1n) is 5.81. The molecule has 5 nitrogen and oxygen atoms in total. The average Bonchev–Trinajstić information content (AvgIpc) is 2.41. The zero-order chi connectivity index (χ0) is 14.7. The van der Waals surface area contributed by atoms with Crippen molar-refractivity contribution < 1.29 is 9.53 Å². The smallest absolute Gasteiger partial charge is 0.250 e. The van der Waals surface area contributed by atoms with E-state index in [-0.39, 0.29) is 0 Å². The zero-order valence-corrected chi connectivity index (χ0v) is 12.4. The Balaban J connectivity index is 2.44. The minimum atomic E-state index is -0.547. The number of primary amides is 1. The molecular weight excluding hydrogens is 322 g/mol. The molecule has 0 saturated heterocycles. The fraction of sp³-hybridized carbons (Fsp3) is 0.0714. The van der Waals surface area contributed by atoms with Gasteiger partial charge in [-0.1, -0.05) is 15.9 Å². The van der Waals surface area contributed by atoms with E-state index >= 15 is 0 Å². The van der Waals surface area contributed by atoms with Crippen LogP contribution in [0.2, 0.25) is 0 Å². The molecule has 0 aliphatic carbocycles. The van der Waals surface area contributed by atoms with E-state index in [4.69, 9.17) is 16.2 Å². The standard InChI is InChI=1S/C14H14BrN3O2/c1-20-13-5-2-8(15)6-12(13)18-11-4-3-9(16)7-10(11)14(17)19/h2-7,18H,16H2,1H3,(H2,17,19). The van der Waals surface area contributed by atoms with Gasteiger partial charge in [0.25, 0.3) is 5.91 Å². The minimum absolute atomic E-state index is 0.326. The van der Waals surface area contributed by atoms with Crippen LogP contribution in [0.4, 0.5) is 17.1 Å². The predicted octanol–water partition coefficient (Wildman–Crippen LogP) is 2.88. The highest BCUT2D eigenvalue weighted by atomic mass is 79.9. The maximum Gasteiger partial charge on any atom is 0.250 e. The number of halogens is 1. The van der Waals surface area contributed by atoms with Crippen LogP contribution in [0.3, 0.4) is 0 Å². The Kier molecular flexibility index (Phi) is 4.14. The molecule has 1 amide bonds. The first-order chi connectivity index (χ1) is 9.51. The van der Waals surface area contributed by atoms with E-state index in [0.717, 1.165) is 4.47 Å². The molecule has 0 aliphatic heterocycles. The molecule has 0 radical (unpaired) electrons. The van der Waals surface area contributed by atoms with Crippen molar-refractivity contribution in [2.24, 2.45) is 5.73 Å². The molecule has 2 rings (SSSR count). The SMILES string of the molecule is COc1ccc(Br)cc1Nc1ccc(N)cc1C(N)=O. The van der Waals surface area contributed by atoms with Gasteiger partial charge in [-0.2, -0.15) is 0 Å². The van der Waals surface area contributed by atoms with Crippen LogP contribution in [0.15, 0.2) is 40.9 Å². The molecule has 0 unspecified atom stereocenters. The summed E-state index contributed by atoms with van der Waals surface area (Å²) in [7, 11) is 1.58. The van der Waals surface area contributed by atoms with Crippen molar-refractivity contribution in [3.8, 4) is 5.75 Å². The Hall–Kier alpha value is -2.21. The van der Waals surface area contributed by atoms with Crippen molar-refractivity contribution in [1.82, 2.24) is 0 Å². The zero-order valence-electron chi connectivity index (χ0n) is 10.8. The highest BCUT2D eigenvalue weighted by Gasteiger charge is 2.11. The fourth-order valence-corrected chi connectivity index (χ4v) is 2.16. The quantitative estimate of drug-likeness (QED) is 0.749. The Labute approximate surface area is 125 Å². The van der Waals surface area contributed by atoms with Gasteiger partial charge in [0.1, 0.15) is 5.75 Å². The average molecular weight is 336 g/mol. The first kappa shape index (κ1) is 14.2. The van der Waals surface area contributed by atoms with Gasteiger partial charge >= 0.3 is 0 Å². The number of nitrogens with one attached hydrogen (secondary N) is 1. The van der Waals surface area contributed by atoms with Crippen LogP contribution < -0.4 is 21.5 Å². The van der Waals surface area contributed by atoms with E-state index in [1.54, 1.807) is 19.2 Å². The number of amides is 1. The Morgan fingerprint density at radius 1 is 1.20 bits per heavy atom. The molecule has 0 bridgehead atoms. The summed E-state index contributed by atoms with van der Waals surface area (Å²) < 4.78 is 6.16. The summed E-state index contributed by atoms with van der Waals surface area (Å²) in [4.78, 5) is 11.5. The van der Waals surface area contributed by atoms with Gasteiger partial charge in [0, 0.05) is 10.2 Å². The Morgan fingerprint density at radius 2 is 1.95 bits per heavy atom. The number of rotatable bonds is 4. The maximum atomic E-state index is 11.5. The summed E-state index contributed by atoms with van der Waals surface area (Å²) >= 11 is 3.39. The van der Waals surface area contributed by atoms with E-state index < -0.39 is 5.91 Å². The van der Waals surface area contributed by atoms with Gasteiger partial charge in [0.05, 0.1) is 24.0 Å². The lowest BCUT2D eigenvalue weighted by atomic mass is 10.1. The van der Waals surface area contributed by atoms with E-state index in [1.807, 2.05) is 18.2 Å². The molecule has 0 spiro atoms. The third-order valence-corrected chi connectivity index (χ3v) is 3.23. The number of carbonyl (C=O) groups excluding carboxylic acids is 1. The summed E-state index contributed by atoms with van der Waals surface area (Å²) in [5.74, 6) is 0.106. The normalized spacial score (nSPS) is 10.1. The lowest BCUT2D eigenvalue weighted by Crippen LogP contribution is -2.14. The van der Waals surface area contributed by atoms with Crippen LogP contribution in [0, 0.1) is 0 Å². The third-order valence-electron chi connectivity index (χ3n) is 2.74. The highest BCUT2D eigenvalue weighted by molar-refractivity contribution is 9.10. The predicted molar refractivity (Wildman–Crippen MR) is 83.3 cm³/mol. The monoisotopic (exact) mass is 335 g/mol. The molecule has 2 aromatic rings. The first-order valence-corrected chi connectivity index (χ1v) is 6.60. The highest BCUT2D eigenvalue weighted by Crippen LogP contribution is 2.32. The van der Waals surface area contributed by atoms with Crippen LogP contribution in [0.1, 0.15) is 10.4 Å². The lowest BCUT2D eigenvalue weighted by Gasteiger charge is -2.14. The topological polar surface area (TPSA) is 90.4 Å². The van der Waals surface area contributed by atoms with Crippen LogP contribution in [0.25, 0.3) is 0 Å². The van der Waals surface area contributed by atoms with Gasteiger partial charge in [-0.3, -0.25) is 4.79 Å². The summed E-state index contributed by atoms with van der Waals surface area (Å²) in [5.41, 5.74) is 13.1. The second-order valence-corrected chi connectivity index (χ2v) is 5.05. The number of nitrogen functional groups attached to an aromatic ring is 1. The molecule has 104 valence electrons. The number of nitrogens with two attached hydrogens (primary N) is 2. The summed E-state index contributed by atoms with van der Waals surface area (Å²) in [6, 6.07) is 10.5. The number of ether oxygens (including phenoxy) is 1. The minimum Gasteiger partial charge on any atom is -0.495 e. The largest absolute Gasteiger partial charge is 0.495 e. The van der Waals surface area contributed by atoms with E-state index in [1.165, 1.54) is 6.07 Å². The third kappa shape index (κ3) is 3.03. The number of hydrogen-bond donors (Lipinski definition) is 3. The van der Waals surface area contributed by atoms with Crippen LogP contribution in [0.5, 0.6) is 5.75 Å². The van der Waals surface area contributed by atoms with E-state index in [0.29, 0.717) is 28.4 Å². The molecule has 0 aromatic heterocycles. The van der Waals surface area contributed by atoms with Gasteiger partial charge in [-0.05, 0) is 36.4 Å². The Morgan fingerprint density at radius 3 is 2.60 bits per heavy atom. The molecular formula is C14H14BrN3O2. The maximum absolute atomic E-state index is 11.5. The number of methoxy groups -OCH3 is 1. The Bertz CT molecular complexity index is 659. The van der Waals surface area contributed by atoms with Gasteiger partial charge in [0.2, 0.25) is 0 Å². The molecule has 0 fully saturated rings. The fourth-order valence-electron chi connectivity index (χ4n) is 1.80. The lowest BCUT2D eigenvalue weighted by molar-refractivity contribution is 0.100. The molecule has 20 heavy (non-hydrogen) atoms. The molecule has 0 atom stereocenters. The van der Waals surface area contributed by atoms with Gasteiger partial charge in [0.15, 0.2) is 0 Å². The molecule has 0 saturated carbocycles. The number of carbonyl (C=O) groups is 1. The van der Waals surface area contributed by atoms with E-state index in [2.05, 4.69) is 21.2 Å². The van der Waals surface area contributed by atoms with Crippen LogP contribution >= 0.6 is 15.9 Å². The number of benzene rings is 2. The van der Waals surface area contributed by atoms with Crippen molar-refractivity contribution >= 4 is 38.9 Å². The van der Waals surface area contributed by atoms with Gasteiger partial charge in [-0.15, -0.1) is 0 Å². The molecule has 0 heterocycles. The molecule has 0 aliphatic rings. The molecule has 6 heteroatoms. The second kappa shape index (κ2) is 5.83. The van der Waals surface area contributed by atoms with Gasteiger partial charge in [-0.25, -0.2) is 0 Å². The molecule has 2 aromatic carbocycles. The molecule has 5 N–H and O–H groups in total. The van der Waals surface area contributed by atoms with E-state index in [9.17, 15) is 4.79 Å². The van der Waals surface area contributed by atoms with Crippen molar-refractivity contribution in [2.75, 3.05) is 18.2 Å². The number of anilines is 3. The number of hydrogen-bond acceptors (Lipinski definition) is 4. The summed E-state index contributed by atoms with van der Waals surface area (Å²) in [6.07, 6.45) is 0. The van der Waals surface area contributed by atoms with Crippen molar-refractivity contribution in [1.29, 1.82) is 0 Å². The van der Waals surface area contributed by atoms with Gasteiger partial charge < -0.3 is 21.5 Å².